The van der Waals surface area contributed by atoms with Crippen LogP contribution in [-0.2, 0) is 25.7 Å². The molecular formula is C15H13F3N4O. The number of carbonyl (C=O) groups excluding carboxylic acids is 1. The lowest BCUT2D eigenvalue weighted by atomic mass is 10.1. The van der Waals surface area contributed by atoms with Crippen LogP contribution in [0.2, 0.25) is 0 Å². The summed E-state index contributed by atoms with van der Waals surface area (Å²) in [6, 6.07) is 4.38. The number of fused-ring (bicyclic) bond motifs is 1. The van der Waals surface area contributed by atoms with Gasteiger partial charge in [0.2, 0.25) is 0 Å². The molecule has 2 amide bonds. The molecule has 0 fully saturated rings. The highest BCUT2D eigenvalue weighted by atomic mass is 19.4. The third-order valence-corrected chi connectivity index (χ3v) is 3.66. The summed E-state index contributed by atoms with van der Waals surface area (Å²) in [6.07, 6.45) is -2.40. The monoisotopic (exact) mass is 322 g/mol. The second kappa shape index (κ2) is 5.53. The predicted molar refractivity (Wildman–Crippen MR) is 75.1 cm³/mol. The normalized spacial score (nSPS) is 14.0. The molecule has 0 atom stereocenters. The first-order chi connectivity index (χ1) is 10.8. The molecule has 0 aliphatic carbocycles. The molecule has 0 bridgehead atoms. The highest BCUT2D eigenvalue weighted by Crippen LogP contribution is 2.29. The Morgan fingerprint density at radius 3 is 2.52 bits per heavy atom. The SMILES string of the molecule is NC(=O)N1Cc2cnc(Cc3ccc(C(F)(F)F)cc3)nc2C1. The summed E-state index contributed by atoms with van der Waals surface area (Å²) in [6.45, 7) is 0.707. The maximum Gasteiger partial charge on any atom is 0.416 e. The molecule has 2 N–H and O–H groups in total. The third-order valence-electron chi connectivity index (χ3n) is 3.66. The Kier molecular flexibility index (Phi) is 3.67. The maximum absolute atomic E-state index is 12.5. The molecule has 0 unspecified atom stereocenters. The second-order valence-corrected chi connectivity index (χ2v) is 5.32. The van der Waals surface area contributed by atoms with Crippen LogP contribution in [0.15, 0.2) is 30.5 Å². The van der Waals surface area contributed by atoms with E-state index in [0.717, 1.165) is 23.4 Å². The van der Waals surface area contributed by atoms with Crippen LogP contribution in [0.1, 0.15) is 28.2 Å². The summed E-state index contributed by atoms with van der Waals surface area (Å²) in [5.74, 6) is 0.495. The first-order valence-corrected chi connectivity index (χ1v) is 6.87. The van der Waals surface area contributed by atoms with Crippen molar-refractivity contribution in [3.05, 3.63) is 58.7 Å². The van der Waals surface area contributed by atoms with Gasteiger partial charge in [0, 0.05) is 18.2 Å². The summed E-state index contributed by atoms with van der Waals surface area (Å²) in [7, 11) is 0. The number of halogens is 3. The van der Waals surface area contributed by atoms with E-state index in [0.29, 0.717) is 30.9 Å². The number of benzene rings is 1. The molecule has 2 aromatic rings. The largest absolute Gasteiger partial charge is 0.416 e. The summed E-state index contributed by atoms with van der Waals surface area (Å²) >= 11 is 0. The number of nitrogens with two attached hydrogens (primary N) is 1. The van der Waals surface area contributed by atoms with Crippen LogP contribution < -0.4 is 5.73 Å². The predicted octanol–water partition coefficient (Wildman–Crippen LogP) is 2.48. The van der Waals surface area contributed by atoms with E-state index in [4.69, 9.17) is 5.73 Å². The lowest BCUT2D eigenvalue weighted by molar-refractivity contribution is -0.137. The third kappa shape index (κ3) is 3.25. The first-order valence-electron chi connectivity index (χ1n) is 6.87. The van der Waals surface area contributed by atoms with Gasteiger partial charge in [-0.25, -0.2) is 14.8 Å². The van der Waals surface area contributed by atoms with Crippen molar-refractivity contribution in [1.82, 2.24) is 14.9 Å². The molecule has 0 saturated carbocycles. The zero-order valence-electron chi connectivity index (χ0n) is 12.0. The van der Waals surface area contributed by atoms with Crippen molar-refractivity contribution >= 4 is 6.03 Å². The summed E-state index contributed by atoms with van der Waals surface area (Å²) < 4.78 is 37.6. The van der Waals surface area contributed by atoms with Crippen LogP contribution in [-0.4, -0.2) is 20.9 Å². The van der Waals surface area contributed by atoms with Gasteiger partial charge in [-0.2, -0.15) is 13.2 Å². The number of alkyl halides is 3. The smallest absolute Gasteiger partial charge is 0.351 e. The van der Waals surface area contributed by atoms with Gasteiger partial charge in [-0.3, -0.25) is 0 Å². The second-order valence-electron chi connectivity index (χ2n) is 5.32. The molecule has 2 heterocycles. The van der Waals surface area contributed by atoms with Gasteiger partial charge >= 0.3 is 12.2 Å². The van der Waals surface area contributed by atoms with Crippen molar-refractivity contribution < 1.29 is 18.0 Å². The molecule has 1 aromatic heterocycles. The summed E-state index contributed by atoms with van der Waals surface area (Å²) in [5.41, 5.74) is 6.79. The molecule has 0 saturated heterocycles. The van der Waals surface area contributed by atoms with Crippen molar-refractivity contribution in [2.24, 2.45) is 5.73 Å². The number of primary amides is 1. The molecule has 0 spiro atoms. The lowest BCUT2D eigenvalue weighted by Crippen LogP contribution is -2.30. The zero-order valence-corrected chi connectivity index (χ0v) is 12.0. The Morgan fingerprint density at radius 2 is 1.91 bits per heavy atom. The lowest BCUT2D eigenvalue weighted by Gasteiger charge is -2.09. The Bertz CT molecular complexity index is 743. The molecular weight excluding hydrogens is 309 g/mol. The van der Waals surface area contributed by atoms with Gasteiger partial charge in [-0.15, -0.1) is 0 Å². The standard InChI is InChI=1S/C15H13F3N4O/c16-15(17,18)11-3-1-9(2-4-11)5-13-20-6-10-7-22(14(19)23)8-12(10)21-13/h1-4,6H,5,7-8H2,(H2,19,23). The number of hydrogen-bond acceptors (Lipinski definition) is 3. The Morgan fingerprint density at radius 1 is 1.22 bits per heavy atom. The van der Waals surface area contributed by atoms with Gasteiger partial charge in [-0.1, -0.05) is 12.1 Å². The summed E-state index contributed by atoms with van der Waals surface area (Å²) in [4.78, 5) is 21.2. The van der Waals surface area contributed by atoms with Gasteiger partial charge in [0.25, 0.3) is 0 Å². The number of rotatable bonds is 2. The molecule has 5 nitrogen and oxygen atoms in total. The number of hydrogen-bond donors (Lipinski definition) is 1. The Hall–Kier alpha value is -2.64. The van der Waals surface area contributed by atoms with Crippen molar-refractivity contribution in [1.29, 1.82) is 0 Å². The van der Waals surface area contributed by atoms with Gasteiger partial charge in [0.15, 0.2) is 0 Å². The molecule has 120 valence electrons. The van der Waals surface area contributed by atoms with E-state index >= 15 is 0 Å². The highest BCUT2D eigenvalue weighted by Gasteiger charge is 2.30. The van der Waals surface area contributed by atoms with E-state index in [1.165, 1.54) is 17.0 Å². The number of aromatic nitrogens is 2. The van der Waals surface area contributed by atoms with Crippen LogP contribution in [0.5, 0.6) is 0 Å². The summed E-state index contributed by atoms with van der Waals surface area (Å²) in [5, 5.41) is 0. The van der Waals surface area contributed by atoms with Crippen LogP contribution >= 0.6 is 0 Å². The fourth-order valence-electron chi connectivity index (χ4n) is 2.43. The van der Waals surface area contributed by atoms with Gasteiger partial charge < -0.3 is 10.6 Å². The molecule has 23 heavy (non-hydrogen) atoms. The van der Waals surface area contributed by atoms with Crippen LogP contribution in [0.4, 0.5) is 18.0 Å². The van der Waals surface area contributed by atoms with Crippen LogP contribution in [0, 0.1) is 0 Å². The molecule has 1 aromatic carbocycles. The Labute approximate surface area is 130 Å². The molecule has 0 radical (unpaired) electrons. The van der Waals surface area contributed by atoms with E-state index < -0.39 is 17.8 Å². The quantitative estimate of drug-likeness (QED) is 0.923. The van der Waals surface area contributed by atoms with Gasteiger partial charge in [-0.05, 0) is 17.7 Å². The van der Waals surface area contributed by atoms with E-state index in [-0.39, 0.29) is 0 Å². The molecule has 1 aliphatic heterocycles. The van der Waals surface area contributed by atoms with E-state index in [2.05, 4.69) is 9.97 Å². The van der Waals surface area contributed by atoms with Gasteiger partial charge in [0.05, 0.1) is 24.3 Å². The van der Waals surface area contributed by atoms with E-state index in [1.807, 2.05) is 0 Å². The minimum Gasteiger partial charge on any atom is -0.351 e. The zero-order chi connectivity index (χ0) is 16.6. The molecule has 1 aliphatic rings. The van der Waals surface area contributed by atoms with E-state index in [9.17, 15) is 18.0 Å². The van der Waals surface area contributed by atoms with Crippen LogP contribution in [0.25, 0.3) is 0 Å². The number of nitrogens with zero attached hydrogens (tertiary/aromatic N) is 3. The minimum absolute atomic E-state index is 0.321. The number of urea groups is 1. The van der Waals surface area contributed by atoms with Gasteiger partial charge in [0.1, 0.15) is 5.82 Å². The van der Waals surface area contributed by atoms with E-state index in [1.54, 1.807) is 6.20 Å². The average molecular weight is 322 g/mol. The topological polar surface area (TPSA) is 72.1 Å². The Balaban J connectivity index is 1.75. The van der Waals surface area contributed by atoms with Crippen molar-refractivity contribution in [2.75, 3.05) is 0 Å². The minimum atomic E-state index is -4.35. The molecule has 3 rings (SSSR count). The fraction of sp³-hybridized carbons (Fsp3) is 0.267. The number of carbonyl (C=O) groups is 1. The van der Waals surface area contributed by atoms with Crippen molar-refractivity contribution in [3.8, 4) is 0 Å². The average Bonchev–Trinajstić information content (AvgIpc) is 2.90. The first kappa shape index (κ1) is 15.3. The fourth-order valence-corrected chi connectivity index (χ4v) is 2.43. The van der Waals surface area contributed by atoms with Crippen LogP contribution in [0.3, 0.4) is 0 Å². The number of amides is 2. The molecule has 8 heteroatoms. The maximum atomic E-state index is 12.5. The van der Waals surface area contributed by atoms with Crippen molar-refractivity contribution in [2.45, 2.75) is 25.7 Å². The highest BCUT2D eigenvalue weighted by molar-refractivity contribution is 5.72. The van der Waals surface area contributed by atoms with Crippen molar-refractivity contribution in [3.63, 3.8) is 0 Å².